The minimum atomic E-state index is -5.00. The molecular formula is C10H4F5N3. The second kappa shape index (κ2) is 4.96. The SMILES string of the molecule is N#CCc1c(C(F)F)cc(C#N)nc1C(F)(F)F. The molecule has 0 saturated heterocycles. The Bertz CT molecular complexity index is 536. The van der Waals surface area contributed by atoms with Crippen LogP contribution in [0.4, 0.5) is 22.0 Å². The summed E-state index contributed by atoms with van der Waals surface area (Å²) in [5.41, 5.74) is -4.26. The van der Waals surface area contributed by atoms with Gasteiger partial charge in [-0.1, -0.05) is 0 Å². The van der Waals surface area contributed by atoms with Crippen molar-refractivity contribution in [3.05, 3.63) is 28.6 Å². The van der Waals surface area contributed by atoms with E-state index in [1.807, 2.05) is 0 Å². The van der Waals surface area contributed by atoms with Gasteiger partial charge in [0.05, 0.1) is 12.5 Å². The van der Waals surface area contributed by atoms with Gasteiger partial charge in [0.25, 0.3) is 6.43 Å². The van der Waals surface area contributed by atoms with Crippen LogP contribution in [0.1, 0.15) is 28.9 Å². The van der Waals surface area contributed by atoms with Crippen LogP contribution < -0.4 is 0 Å². The van der Waals surface area contributed by atoms with Crippen molar-refractivity contribution in [2.45, 2.75) is 19.0 Å². The van der Waals surface area contributed by atoms with E-state index in [0.717, 1.165) is 0 Å². The lowest BCUT2D eigenvalue weighted by Crippen LogP contribution is -2.15. The van der Waals surface area contributed by atoms with Gasteiger partial charge < -0.3 is 0 Å². The number of nitriles is 2. The summed E-state index contributed by atoms with van der Waals surface area (Å²) < 4.78 is 63.1. The highest BCUT2D eigenvalue weighted by atomic mass is 19.4. The van der Waals surface area contributed by atoms with E-state index in [9.17, 15) is 22.0 Å². The number of hydrogen-bond acceptors (Lipinski definition) is 3. The van der Waals surface area contributed by atoms with E-state index in [1.165, 1.54) is 12.1 Å². The summed E-state index contributed by atoms with van der Waals surface area (Å²) in [6, 6.07) is 3.21. The number of rotatable bonds is 2. The molecule has 1 aromatic heterocycles. The molecule has 3 nitrogen and oxygen atoms in total. The Balaban J connectivity index is 3.62. The number of halogens is 5. The summed E-state index contributed by atoms with van der Waals surface area (Å²) in [5.74, 6) is 0. The summed E-state index contributed by atoms with van der Waals surface area (Å²) in [7, 11) is 0. The van der Waals surface area contributed by atoms with Gasteiger partial charge in [-0.25, -0.2) is 13.8 Å². The Hall–Kier alpha value is -2.22. The quantitative estimate of drug-likeness (QED) is 0.769. The molecule has 1 rings (SSSR count). The predicted molar refractivity (Wildman–Crippen MR) is 48.2 cm³/mol. The van der Waals surface area contributed by atoms with E-state index in [-0.39, 0.29) is 0 Å². The van der Waals surface area contributed by atoms with Crippen molar-refractivity contribution in [3.63, 3.8) is 0 Å². The Morgan fingerprint density at radius 2 is 1.89 bits per heavy atom. The molecule has 0 aliphatic carbocycles. The standard InChI is InChI=1S/C10H4F5N3/c11-9(12)7-3-5(4-17)18-8(10(13,14)15)6(7)1-2-16/h3,9H,1H2. The number of pyridine rings is 1. The summed E-state index contributed by atoms with van der Waals surface area (Å²) in [6.07, 6.45) is -9.07. The molecule has 1 heterocycles. The van der Waals surface area contributed by atoms with Crippen LogP contribution in [0.25, 0.3) is 0 Å². The monoisotopic (exact) mass is 261 g/mol. The van der Waals surface area contributed by atoms with Crippen molar-refractivity contribution in [1.29, 1.82) is 10.5 Å². The zero-order valence-corrected chi connectivity index (χ0v) is 8.59. The highest BCUT2D eigenvalue weighted by molar-refractivity contribution is 5.40. The molecule has 0 radical (unpaired) electrons. The predicted octanol–water partition coefficient (Wildman–Crippen LogP) is 2.98. The lowest BCUT2D eigenvalue weighted by molar-refractivity contribution is -0.141. The van der Waals surface area contributed by atoms with Gasteiger partial charge in [-0.05, 0) is 6.07 Å². The van der Waals surface area contributed by atoms with Crippen molar-refractivity contribution in [3.8, 4) is 12.1 Å². The maximum absolute atomic E-state index is 12.6. The fourth-order valence-corrected chi connectivity index (χ4v) is 1.34. The van der Waals surface area contributed by atoms with E-state index in [1.54, 1.807) is 0 Å². The van der Waals surface area contributed by atoms with E-state index in [2.05, 4.69) is 4.98 Å². The minimum Gasteiger partial charge on any atom is -0.232 e. The van der Waals surface area contributed by atoms with Crippen LogP contribution >= 0.6 is 0 Å². The van der Waals surface area contributed by atoms with E-state index < -0.39 is 41.5 Å². The second-order valence-electron chi connectivity index (χ2n) is 3.17. The Labute approximate surface area is 98.1 Å². The van der Waals surface area contributed by atoms with Crippen LogP contribution in [0, 0.1) is 22.7 Å². The fraction of sp³-hybridized carbons (Fsp3) is 0.300. The third-order valence-electron chi connectivity index (χ3n) is 2.03. The van der Waals surface area contributed by atoms with Crippen LogP contribution in [0.5, 0.6) is 0 Å². The molecular weight excluding hydrogens is 257 g/mol. The van der Waals surface area contributed by atoms with Gasteiger partial charge in [-0.2, -0.15) is 23.7 Å². The third-order valence-corrected chi connectivity index (χ3v) is 2.03. The normalized spacial score (nSPS) is 11.1. The molecule has 0 N–H and O–H groups in total. The molecule has 0 amide bonds. The van der Waals surface area contributed by atoms with Gasteiger partial charge in [0.15, 0.2) is 5.69 Å². The van der Waals surface area contributed by atoms with Gasteiger partial charge in [0.1, 0.15) is 11.8 Å². The number of aromatic nitrogens is 1. The van der Waals surface area contributed by atoms with Crippen LogP contribution in [0.15, 0.2) is 6.07 Å². The summed E-state index contributed by atoms with van der Waals surface area (Å²) in [4.78, 5) is 2.95. The van der Waals surface area contributed by atoms with Crippen molar-refractivity contribution in [2.24, 2.45) is 0 Å². The Morgan fingerprint density at radius 3 is 2.28 bits per heavy atom. The molecule has 0 unspecified atom stereocenters. The summed E-state index contributed by atoms with van der Waals surface area (Å²) >= 11 is 0. The van der Waals surface area contributed by atoms with Crippen LogP contribution in [0.3, 0.4) is 0 Å². The third kappa shape index (κ3) is 2.72. The zero-order valence-electron chi connectivity index (χ0n) is 8.59. The van der Waals surface area contributed by atoms with Crippen molar-refractivity contribution < 1.29 is 22.0 Å². The Morgan fingerprint density at radius 1 is 1.28 bits per heavy atom. The minimum absolute atomic E-state index is 0.562. The molecule has 0 fully saturated rings. The molecule has 94 valence electrons. The number of hydrogen-bond donors (Lipinski definition) is 0. The molecule has 0 bridgehead atoms. The van der Waals surface area contributed by atoms with Crippen molar-refractivity contribution >= 4 is 0 Å². The molecule has 0 aliphatic heterocycles. The lowest BCUT2D eigenvalue weighted by Gasteiger charge is -2.14. The van der Waals surface area contributed by atoms with Crippen molar-refractivity contribution in [1.82, 2.24) is 4.98 Å². The zero-order chi connectivity index (χ0) is 13.9. The van der Waals surface area contributed by atoms with E-state index in [0.29, 0.717) is 6.07 Å². The van der Waals surface area contributed by atoms with Gasteiger partial charge in [-0.15, -0.1) is 0 Å². The van der Waals surface area contributed by atoms with Crippen molar-refractivity contribution in [2.75, 3.05) is 0 Å². The number of alkyl halides is 5. The first kappa shape index (κ1) is 13.8. The van der Waals surface area contributed by atoms with E-state index in [4.69, 9.17) is 10.5 Å². The first-order chi connectivity index (χ1) is 8.31. The molecule has 0 aromatic carbocycles. The van der Waals surface area contributed by atoms with Gasteiger partial charge in [0.2, 0.25) is 0 Å². The molecule has 0 saturated carbocycles. The van der Waals surface area contributed by atoms with E-state index >= 15 is 0 Å². The molecule has 18 heavy (non-hydrogen) atoms. The summed E-state index contributed by atoms with van der Waals surface area (Å²) in [6.45, 7) is 0. The Kier molecular flexibility index (Phi) is 3.82. The van der Waals surface area contributed by atoms with Crippen LogP contribution in [0.2, 0.25) is 0 Å². The maximum atomic E-state index is 12.6. The largest absolute Gasteiger partial charge is 0.433 e. The van der Waals surface area contributed by atoms with Gasteiger partial charge >= 0.3 is 6.18 Å². The molecule has 0 spiro atoms. The fourth-order valence-electron chi connectivity index (χ4n) is 1.34. The first-order valence-electron chi connectivity index (χ1n) is 4.47. The first-order valence-corrected chi connectivity index (χ1v) is 4.47. The maximum Gasteiger partial charge on any atom is 0.433 e. The van der Waals surface area contributed by atoms with Crippen LogP contribution in [-0.2, 0) is 12.6 Å². The average molecular weight is 261 g/mol. The molecule has 8 heteroatoms. The molecule has 0 aliphatic rings. The highest BCUT2D eigenvalue weighted by Gasteiger charge is 2.38. The average Bonchev–Trinajstić information content (AvgIpc) is 2.27. The van der Waals surface area contributed by atoms with Gasteiger partial charge in [-0.3, -0.25) is 0 Å². The number of nitrogens with zero attached hydrogens (tertiary/aromatic N) is 3. The van der Waals surface area contributed by atoms with Gasteiger partial charge in [0, 0.05) is 11.1 Å². The lowest BCUT2D eigenvalue weighted by atomic mass is 10.0. The molecule has 1 aromatic rings. The summed E-state index contributed by atoms with van der Waals surface area (Å²) in [5, 5.41) is 16.9. The van der Waals surface area contributed by atoms with Crippen LogP contribution in [-0.4, -0.2) is 4.98 Å². The highest BCUT2D eigenvalue weighted by Crippen LogP contribution is 2.35. The second-order valence-corrected chi connectivity index (χ2v) is 3.17. The molecule has 0 atom stereocenters. The smallest absolute Gasteiger partial charge is 0.232 e. The topological polar surface area (TPSA) is 60.5 Å².